The highest BCUT2D eigenvalue weighted by Gasteiger charge is 2.19. The number of halogens is 3. The zero-order chi connectivity index (χ0) is 18.5. The molecule has 3 rings (SSSR count). The van der Waals surface area contributed by atoms with E-state index in [4.69, 9.17) is 0 Å². The van der Waals surface area contributed by atoms with Crippen molar-refractivity contribution in [1.82, 2.24) is 9.80 Å². The van der Waals surface area contributed by atoms with Crippen LogP contribution in [0, 0.1) is 11.6 Å². The van der Waals surface area contributed by atoms with E-state index in [0.29, 0.717) is 12.2 Å². The summed E-state index contributed by atoms with van der Waals surface area (Å²) in [6.07, 6.45) is 0. The highest BCUT2D eigenvalue weighted by atomic mass is 79.9. The third kappa shape index (κ3) is 5.33. The van der Waals surface area contributed by atoms with Gasteiger partial charge < -0.3 is 5.32 Å². The van der Waals surface area contributed by atoms with E-state index >= 15 is 0 Å². The highest BCUT2D eigenvalue weighted by Crippen LogP contribution is 2.20. The number of carbonyl (C=O) groups is 1. The van der Waals surface area contributed by atoms with E-state index in [2.05, 4.69) is 31.0 Å². The van der Waals surface area contributed by atoms with Crippen LogP contribution >= 0.6 is 15.9 Å². The lowest BCUT2D eigenvalue weighted by Crippen LogP contribution is -2.48. The second-order valence-corrected chi connectivity index (χ2v) is 7.20. The average Bonchev–Trinajstić information content (AvgIpc) is 2.61. The molecule has 0 spiro atoms. The third-order valence-electron chi connectivity index (χ3n) is 4.37. The summed E-state index contributed by atoms with van der Waals surface area (Å²) in [5.74, 6) is -0.684. The molecule has 1 heterocycles. The van der Waals surface area contributed by atoms with Crippen molar-refractivity contribution in [1.29, 1.82) is 0 Å². The standard InChI is InChI=1S/C19H20BrF2N3O/c20-18-11-16(22)2-1-14(18)12-24-7-9-25(10-8-24)13-19(26)23-17-5-3-15(21)4-6-17/h1-6,11H,7-10,12-13H2,(H,23,26). The van der Waals surface area contributed by atoms with Crippen LogP contribution in [-0.4, -0.2) is 48.4 Å². The second kappa shape index (κ2) is 8.70. The van der Waals surface area contributed by atoms with E-state index in [1.807, 2.05) is 0 Å². The van der Waals surface area contributed by atoms with Crippen molar-refractivity contribution in [2.45, 2.75) is 6.54 Å². The Morgan fingerprint density at radius 2 is 1.58 bits per heavy atom. The van der Waals surface area contributed by atoms with Gasteiger partial charge in [0.25, 0.3) is 0 Å². The van der Waals surface area contributed by atoms with Crippen LogP contribution in [0.4, 0.5) is 14.5 Å². The number of benzene rings is 2. The highest BCUT2D eigenvalue weighted by molar-refractivity contribution is 9.10. The van der Waals surface area contributed by atoms with Crippen LogP contribution in [0.1, 0.15) is 5.56 Å². The first-order valence-electron chi connectivity index (χ1n) is 8.43. The van der Waals surface area contributed by atoms with Gasteiger partial charge >= 0.3 is 0 Å². The molecule has 1 aliphatic rings. The Morgan fingerprint density at radius 3 is 2.23 bits per heavy atom. The van der Waals surface area contributed by atoms with Gasteiger partial charge in [-0.05, 0) is 42.0 Å². The molecule has 2 aromatic carbocycles. The minimum absolute atomic E-state index is 0.105. The van der Waals surface area contributed by atoms with Crippen LogP contribution in [0.3, 0.4) is 0 Å². The van der Waals surface area contributed by atoms with E-state index in [1.165, 1.54) is 24.3 Å². The summed E-state index contributed by atoms with van der Waals surface area (Å²) < 4.78 is 26.8. The lowest BCUT2D eigenvalue weighted by atomic mass is 10.2. The van der Waals surface area contributed by atoms with Crippen molar-refractivity contribution in [3.63, 3.8) is 0 Å². The molecule has 0 aliphatic carbocycles. The molecule has 2 aromatic rings. The van der Waals surface area contributed by atoms with Crippen molar-refractivity contribution < 1.29 is 13.6 Å². The van der Waals surface area contributed by atoms with Crippen molar-refractivity contribution in [2.24, 2.45) is 0 Å². The number of piperazine rings is 1. The van der Waals surface area contributed by atoms with Crippen LogP contribution in [0.5, 0.6) is 0 Å². The fourth-order valence-electron chi connectivity index (χ4n) is 2.93. The van der Waals surface area contributed by atoms with Gasteiger partial charge in [0.15, 0.2) is 0 Å². The predicted molar refractivity (Wildman–Crippen MR) is 101 cm³/mol. The number of hydrogen-bond acceptors (Lipinski definition) is 3. The molecular formula is C19H20BrF2N3O. The van der Waals surface area contributed by atoms with Crippen LogP contribution in [0.15, 0.2) is 46.9 Å². The number of nitrogens with zero attached hydrogens (tertiary/aromatic N) is 2. The maximum Gasteiger partial charge on any atom is 0.238 e. The molecule has 1 N–H and O–H groups in total. The van der Waals surface area contributed by atoms with Crippen molar-refractivity contribution in [3.8, 4) is 0 Å². The van der Waals surface area contributed by atoms with Gasteiger partial charge in [-0.2, -0.15) is 0 Å². The number of rotatable bonds is 5. The molecule has 26 heavy (non-hydrogen) atoms. The minimum Gasteiger partial charge on any atom is -0.325 e. The summed E-state index contributed by atoms with van der Waals surface area (Å²) in [7, 11) is 0. The molecule has 1 amide bonds. The van der Waals surface area contributed by atoms with E-state index in [1.54, 1.807) is 18.2 Å². The van der Waals surface area contributed by atoms with Crippen LogP contribution < -0.4 is 5.32 Å². The van der Waals surface area contributed by atoms with Gasteiger partial charge in [0, 0.05) is 42.9 Å². The van der Waals surface area contributed by atoms with Gasteiger partial charge in [0.1, 0.15) is 11.6 Å². The van der Waals surface area contributed by atoms with Gasteiger partial charge in [-0.15, -0.1) is 0 Å². The van der Waals surface area contributed by atoms with Crippen molar-refractivity contribution >= 4 is 27.5 Å². The molecule has 0 aromatic heterocycles. The molecule has 1 fully saturated rings. The molecule has 0 unspecified atom stereocenters. The largest absolute Gasteiger partial charge is 0.325 e. The Labute approximate surface area is 159 Å². The monoisotopic (exact) mass is 423 g/mol. The van der Waals surface area contributed by atoms with Gasteiger partial charge in [-0.3, -0.25) is 14.6 Å². The van der Waals surface area contributed by atoms with Gasteiger partial charge in [0.05, 0.1) is 6.54 Å². The SMILES string of the molecule is O=C(CN1CCN(Cc2ccc(F)cc2Br)CC1)Nc1ccc(F)cc1. The summed E-state index contributed by atoms with van der Waals surface area (Å²) in [4.78, 5) is 16.5. The zero-order valence-electron chi connectivity index (χ0n) is 14.2. The zero-order valence-corrected chi connectivity index (χ0v) is 15.8. The van der Waals surface area contributed by atoms with Gasteiger partial charge in [0.2, 0.25) is 5.91 Å². The average molecular weight is 424 g/mol. The van der Waals surface area contributed by atoms with Crippen molar-refractivity contribution in [2.75, 3.05) is 38.0 Å². The summed E-state index contributed by atoms with van der Waals surface area (Å²) >= 11 is 3.40. The Hall–Kier alpha value is -1.83. The van der Waals surface area contributed by atoms with E-state index in [-0.39, 0.29) is 17.5 Å². The molecule has 7 heteroatoms. The topological polar surface area (TPSA) is 35.6 Å². The number of carbonyl (C=O) groups excluding carboxylic acids is 1. The van der Waals surface area contributed by atoms with E-state index in [9.17, 15) is 13.6 Å². The van der Waals surface area contributed by atoms with E-state index < -0.39 is 0 Å². The summed E-state index contributed by atoms with van der Waals surface area (Å²) in [6.45, 7) is 4.31. The lowest BCUT2D eigenvalue weighted by Gasteiger charge is -2.34. The summed E-state index contributed by atoms with van der Waals surface area (Å²) in [6, 6.07) is 10.5. The number of nitrogens with one attached hydrogen (secondary N) is 1. The second-order valence-electron chi connectivity index (χ2n) is 6.34. The van der Waals surface area contributed by atoms with Crippen LogP contribution in [0.25, 0.3) is 0 Å². The minimum atomic E-state index is -0.327. The lowest BCUT2D eigenvalue weighted by molar-refractivity contribution is -0.117. The maximum absolute atomic E-state index is 13.2. The van der Waals surface area contributed by atoms with Crippen LogP contribution in [-0.2, 0) is 11.3 Å². The molecule has 0 bridgehead atoms. The van der Waals surface area contributed by atoms with E-state index in [0.717, 1.165) is 42.8 Å². The summed E-state index contributed by atoms with van der Waals surface area (Å²) in [5.41, 5.74) is 1.64. The molecule has 0 atom stereocenters. The predicted octanol–water partition coefficient (Wildman–Crippen LogP) is 3.48. The normalized spacial score (nSPS) is 15.8. The fraction of sp³-hybridized carbons (Fsp3) is 0.316. The number of hydrogen-bond donors (Lipinski definition) is 1. The first kappa shape index (κ1) is 18.9. The first-order valence-corrected chi connectivity index (χ1v) is 9.23. The van der Waals surface area contributed by atoms with Crippen LogP contribution in [0.2, 0.25) is 0 Å². The van der Waals surface area contributed by atoms with Crippen molar-refractivity contribution in [3.05, 3.63) is 64.1 Å². The first-order chi connectivity index (χ1) is 12.5. The molecule has 1 saturated heterocycles. The molecule has 1 aliphatic heterocycles. The Morgan fingerprint density at radius 1 is 0.962 bits per heavy atom. The third-order valence-corrected chi connectivity index (χ3v) is 5.11. The van der Waals surface area contributed by atoms with Gasteiger partial charge in [-0.1, -0.05) is 22.0 Å². The fourth-order valence-corrected chi connectivity index (χ4v) is 3.41. The molecule has 0 saturated carbocycles. The number of anilines is 1. The van der Waals surface area contributed by atoms with Gasteiger partial charge in [-0.25, -0.2) is 8.78 Å². The smallest absolute Gasteiger partial charge is 0.238 e. The molecule has 0 radical (unpaired) electrons. The Kier molecular flexibility index (Phi) is 6.34. The number of amides is 1. The summed E-state index contributed by atoms with van der Waals surface area (Å²) in [5, 5.41) is 2.78. The quantitative estimate of drug-likeness (QED) is 0.799. The Bertz CT molecular complexity index is 762. The maximum atomic E-state index is 13.2. The molecule has 4 nitrogen and oxygen atoms in total. The molecule has 138 valence electrons. The molecular weight excluding hydrogens is 404 g/mol. The Balaban J connectivity index is 1.44.